The Morgan fingerprint density at radius 2 is 1.82 bits per heavy atom. The summed E-state index contributed by atoms with van der Waals surface area (Å²) in [6.45, 7) is 4.45. The average Bonchev–Trinajstić information content (AvgIpc) is 2.96. The molecule has 28 heavy (non-hydrogen) atoms. The van der Waals surface area contributed by atoms with E-state index in [1.165, 1.54) is 30.6 Å². The van der Waals surface area contributed by atoms with E-state index in [1.807, 2.05) is 24.3 Å². The summed E-state index contributed by atoms with van der Waals surface area (Å²) in [4.78, 5) is 22.6. The SMILES string of the molecule is CC(=O)NC1=NN(C(C)=O)C(C)(CCS(=O)(=O)c2ccc3ccccc3c2)S1. The number of thioether (sulfide) groups is 1. The van der Waals surface area contributed by atoms with Crippen LogP contribution in [0.2, 0.25) is 0 Å². The molecule has 2 aromatic rings. The van der Waals surface area contributed by atoms with Crippen LogP contribution < -0.4 is 5.32 Å². The van der Waals surface area contributed by atoms with Gasteiger partial charge in [0.1, 0.15) is 4.87 Å². The Bertz CT molecular complexity index is 1080. The first-order chi connectivity index (χ1) is 13.1. The van der Waals surface area contributed by atoms with Crippen LogP contribution in [0, 0.1) is 0 Å². The fourth-order valence-corrected chi connectivity index (χ4v) is 5.84. The number of sulfone groups is 1. The van der Waals surface area contributed by atoms with Gasteiger partial charge in [0, 0.05) is 13.8 Å². The molecule has 0 saturated heterocycles. The molecule has 3 rings (SSSR count). The van der Waals surface area contributed by atoms with E-state index in [-0.39, 0.29) is 34.1 Å². The number of nitrogens with one attached hydrogen (secondary N) is 1. The minimum absolute atomic E-state index is 0.151. The summed E-state index contributed by atoms with van der Waals surface area (Å²) < 4.78 is 25.8. The lowest BCUT2D eigenvalue weighted by molar-refractivity contribution is -0.131. The molecule has 1 unspecified atom stereocenters. The van der Waals surface area contributed by atoms with Crippen molar-refractivity contribution in [2.24, 2.45) is 5.10 Å². The maximum atomic E-state index is 12.9. The molecule has 0 aromatic heterocycles. The van der Waals surface area contributed by atoms with Gasteiger partial charge in [-0.25, -0.2) is 13.4 Å². The van der Waals surface area contributed by atoms with Crippen molar-refractivity contribution in [2.75, 3.05) is 5.75 Å². The number of hydrazone groups is 1. The van der Waals surface area contributed by atoms with Crippen molar-refractivity contribution in [3.63, 3.8) is 0 Å². The average molecular weight is 420 g/mol. The number of hydrogen-bond donors (Lipinski definition) is 1. The molecule has 0 aliphatic carbocycles. The molecule has 148 valence electrons. The van der Waals surface area contributed by atoms with Crippen molar-refractivity contribution in [3.05, 3.63) is 42.5 Å². The molecule has 9 heteroatoms. The lowest BCUT2D eigenvalue weighted by Crippen LogP contribution is -2.41. The molecule has 1 heterocycles. The van der Waals surface area contributed by atoms with Crippen LogP contribution in [-0.4, -0.2) is 41.0 Å². The number of fused-ring (bicyclic) bond motifs is 1. The van der Waals surface area contributed by atoms with Crippen molar-refractivity contribution < 1.29 is 18.0 Å². The number of amidine groups is 1. The Hall–Kier alpha value is -2.39. The summed E-state index contributed by atoms with van der Waals surface area (Å²) in [6, 6.07) is 12.6. The molecule has 1 atom stereocenters. The highest BCUT2D eigenvalue weighted by atomic mass is 32.2. The molecule has 2 aromatic carbocycles. The molecule has 7 nitrogen and oxygen atoms in total. The molecule has 0 saturated carbocycles. The Kier molecular flexibility index (Phi) is 5.49. The van der Waals surface area contributed by atoms with E-state index in [4.69, 9.17) is 0 Å². The van der Waals surface area contributed by atoms with E-state index in [0.717, 1.165) is 10.8 Å². The smallest absolute Gasteiger partial charge is 0.240 e. The number of hydrogen-bond acceptors (Lipinski definition) is 6. The second-order valence-corrected chi connectivity index (χ2v) is 10.4. The number of amides is 2. The second kappa shape index (κ2) is 7.56. The van der Waals surface area contributed by atoms with Crippen LogP contribution in [0.1, 0.15) is 27.2 Å². The zero-order valence-electron chi connectivity index (χ0n) is 15.8. The topological polar surface area (TPSA) is 95.9 Å². The third-order valence-corrected chi connectivity index (χ3v) is 7.36. The van der Waals surface area contributed by atoms with E-state index in [0.29, 0.717) is 0 Å². The van der Waals surface area contributed by atoms with Crippen LogP contribution in [-0.2, 0) is 19.4 Å². The lowest BCUT2D eigenvalue weighted by atomic mass is 10.1. The maximum absolute atomic E-state index is 12.9. The van der Waals surface area contributed by atoms with Gasteiger partial charge in [-0.05, 0) is 36.2 Å². The van der Waals surface area contributed by atoms with Crippen LogP contribution in [0.4, 0.5) is 0 Å². The first-order valence-electron chi connectivity index (χ1n) is 8.68. The van der Waals surface area contributed by atoms with Crippen molar-refractivity contribution >= 4 is 49.4 Å². The summed E-state index contributed by atoms with van der Waals surface area (Å²) in [7, 11) is -3.56. The number of carbonyl (C=O) groups excluding carboxylic acids is 2. The molecular formula is C19H21N3O4S2. The van der Waals surface area contributed by atoms with Gasteiger partial charge in [0.25, 0.3) is 0 Å². The maximum Gasteiger partial charge on any atom is 0.240 e. The minimum Gasteiger partial charge on any atom is -0.304 e. The monoisotopic (exact) mass is 419 g/mol. The number of benzene rings is 2. The third kappa shape index (κ3) is 4.20. The molecule has 1 aliphatic rings. The fourth-order valence-electron chi connectivity index (χ4n) is 3.03. The molecule has 0 bridgehead atoms. The zero-order chi connectivity index (χ0) is 20.5. The van der Waals surface area contributed by atoms with Gasteiger partial charge in [-0.2, -0.15) is 0 Å². The van der Waals surface area contributed by atoms with Gasteiger partial charge in [-0.15, -0.1) is 5.10 Å². The zero-order valence-corrected chi connectivity index (χ0v) is 17.4. The highest BCUT2D eigenvalue weighted by Crippen LogP contribution is 2.39. The Morgan fingerprint density at radius 1 is 1.14 bits per heavy atom. The van der Waals surface area contributed by atoms with Gasteiger partial charge in [-0.3, -0.25) is 9.59 Å². The predicted molar refractivity (Wildman–Crippen MR) is 110 cm³/mol. The number of carbonyl (C=O) groups is 2. The first-order valence-corrected chi connectivity index (χ1v) is 11.2. The summed E-state index contributed by atoms with van der Waals surface area (Å²) in [5.41, 5.74) is 0. The lowest BCUT2D eigenvalue weighted by Gasteiger charge is -2.30. The van der Waals surface area contributed by atoms with Gasteiger partial charge in [0.05, 0.1) is 10.6 Å². The van der Waals surface area contributed by atoms with E-state index >= 15 is 0 Å². The van der Waals surface area contributed by atoms with Gasteiger partial charge in [0.15, 0.2) is 15.0 Å². The van der Waals surface area contributed by atoms with Crippen LogP contribution in [0.3, 0.4) is 0 Å². The van der Waals surface area contributed by atoms with Gasteiger partial charge in [0.2, 0.25) is 11.8 Å². The van der Waals surface area contributed by atoms with Crippen LogP contribution in [0.5, 0.6) is 0 Å². The largest absolute Gasteiger partial charge is 0.304 e. The van der Waals surface area contributed by atoms with Crippen molar-refractivity contribution in [1.82, 2.24) is 10.3 Å². The standard InChI is InChI=1S/C19H21N3O4S2/c1-13(23)20-18-21-22(14(2)24)19(3,27-18)10-11-28(25,26)17-9-8-15-6-4-5-7-16(15)12-17/h4-9,12H,10-11H2,1-3H3,(H,20,21,23). The molecule has 2 amide bonds. The summed E-state index contributed by atoms with van der Waals surface area (Å²) in [5, 5.41) is 10.0. The summed E-state index contributed by atoms with van der Waals surface area (Å²) >= 11 is 1.17. The Labute approximate surface area is 168 Å². The normalized spacial score (nSPS) is 19.5. The summed E-state index contributed by atoms with van der Waals surface area (Å²) in [6.07, 6.45) is 0.166. The van der Waals surface area contributed by atoms with Crippen molar-refractivity contribution in [3.8, 4) is 0 Å². The van der Waals surface area contributed by atoms with Gasteiger partial charge >= 0.3 is 0 Å². The van der Waals surface area contributed by atoms with Crippen LogP contribution >= 0.6 is 11.8 Å². The van der Waals surface area contributed by atoms with E-state index < -0.39 is 14.7 Å². The van der Waals surface area contributed by atoms with E-state index in [9.17, 15) is 18.0 Å². The highest BCUT2D eigenvalue weighted by Gasteiger charge is 2.43. The molecule has 1 N–H and O–H groups in total. The molecular weight excluding hydrogens is 398 g/mol. The Balaban J connectivity index is 1.80. The number of nitrogens with zero attached hydrogens (tertiary/aromatic N) is 2. The van der Waals surface area contributed by atoms with Crippen molar-refractivity contribution in [1.29, 1.82) is 0 Å². The minimum atomic E-state index is -3.56. The quantitative estimate of drug-likeness (QED) is 0.822. The van der Waals surface area contributed by atoms with Crippen LogP contribution in [0.25, 0.3) is 10.8 Å². The summed E-state index contributed by atoms with van der Waals surface area (Å²) in [5.74, 6) is -0.775. The fraction of sp³-hybridized carbons (Fsp3) is 0.316. The molecule has 0 radical (unpaired) electrons. The van der Waals surface area contributed by atoms with Crippen LogP contribution in [0.15, 0.2) is 52.5 Å². The van der Waals surface area contributed by atoms with Gasteiger partial charge in [-0.1, -0.05) is 42.1 Å². The highest BCUT2D eigenvalue weighted by molar-refractivity contribution is 8.15. The molecule has 0 fully saturated rings. The van der Waals surface area contributed by atoms with E-state index in [2.05, 4.69) is 10.4 Å². The number of rotatable bonds is 4. The van der Waals surface area contributed by atoms with Gasteiger partial charge < -0.3 is 5.32 Å². The molecule has 0 spiro atoms. The predicted octanol–water partition coefficient (Wildman–Crippen LogP) is 2.72. The van der Waals surface area contributed by atoms with Crippen molar-refractivity contribution in [2.45, 2.75) is 37.0 Å². The third-order valence-electron chi connectivity index (χ3n) is 4.45. The van der Waals surface area contributed by atoms with E-state index in [1.54, 1.807) is 25.1 Å². The second-order valence-electron chi connectivity index (χ2n) is 6.77. The Morgan fingerprint density at radius 3 is 2.46 bits per heavy atom. The first kappa shape index (κ1) is 20.3. The molecule has 1 aliphatic heterocycles.